The molecule has 2 nitrogen and oxygen atoms in total. The van der Waals surface area contributed by atoms with E-state index in [9.17, 15) is 4.79 Å². The lowest BCUT2D eigenvalue weighted by molar-refractivity contribution is 0.0351. The Hall–Kier alpha value is -1.93. The van der Waals surface area contributed by atoms with Gasteiger partial charge in [0, 0.05) is 12.0 Å². The molecule has 20 heavy (non-hydrogen) atoms. The van der Waals surface area contributed by atoms with Crippen molar-refractivity contribution in [1.82, 2.24) is 0 Å². The summed E-state index contributed by atoms with van der Waals surface area (Å²) in [4.78, 5) is 12.3. The number of ether oxygens (including phenoxy) is 1. The van der Waals surface area contributed by atoms with Gasteiger partial charge in [-0.1, -0.05) is 54.1 Å². The first-order chi connectivity index (χ1) is 9.74. The maximum atomic E-state index is 12.3. The van der Waals surface area contributed by atoms with Crippen molar-refractivity contribution in [3.8, 4) is 0 Å². The molecule has 102 valence electrons. The Morgan fingerprint density at radius 2 is 2.00 bits per heavy atom. The predicted octanol–water partition coefficient (Wildman–Crippen LogP) is 3.88. The Balaban J connectivity index is 1.83. The number of ketones is 1. The molecule has 0 aromatic heterocycles. The monoisotopic (exact) mass is 266 g/mol. The molecule has 3 rings (SSSR count). The molecule has 0 saturated carbocycles. The zero-order valence-corrected chi connectivity index (χ0v) is 11.6. The van der Waals surface area contributed by atoms with Gasteiger partial charge < -0.3 is 4.74 Å². The van der Waals surface area contributed by atoms with Gasteiger partial charge in [0.25, 0.3) is 0 Å². The summed E-state index contributed by atoms with van der Waals surface area (Å²) in [7, 11) is 0. The smallest absolute Gasteiger partial charge is 0.165 e. The van der Waals surface area contributed by atoms with E-state index < -0.39 is 0 Å². The lowest BCUT2D eigenvalue weighted by atomic mass is 9.92. The molecule has 0 N–H and O–H groups in total. The molecule has 1 atom stereocenters. The van der Waals surface area contributed by atoms with Crippen LogP contribution in [0.15, 0.2) is 48.5 Å². The molecule has 0 bridgehead atoms. The van der Waals surface area contributed by atoms with Crippen LogP contribution in [0.25, 0.3) is 0 Å². The first-order valence-corrected chi connectivity index (χ1v) is 7.03. The number of hydrogen-bond donors (Lipinski definition) is 0. The SMILES string of the molecule is Cc1ccc2c(c1)C(CC(=O)c1ccccc1)OCC2. The van der Waals surface area contributed by atoms with Crippen LogP contribution >= 0.6 is 0 Å². The van der Waals surface area contributed by atoms with Crippen LogP contribution in [0, 0.1) is 6.92 Å². The summed E-state index contributed by atoms with van der Waals surface area (Å²) in [6.45, 7) is 2.77. The number of fused-ring (bicyclic) bond motifs is 1. The minimum atomic E-state index is -0.105. The van der Waals surface area contributed by atoms with Crippen LogP contribution in [0.1, 0.15) is 39.6 Å². The summed E-state index contributed by atoms with van der Waals surface area (Å²) < 4.78 is 5.83. The zero-order chi connectivity index (χ0) is 13.9. The van der Waals surface area contributed by atoms with Crippen molar-refractivity contribution < 1.29 is 9.53 Å². The fourth-order valence-corrected chi connectivity index (χ4v) is 2.72. The fraction of sp³-hybridized carbons (Fsp3) is 0.278. The highest BCUT2D eigenvalue weighted by Crippen LogP contribution is 2.31. The van der Waals surface area contributed by atoms with E-state index in [0.29, 0.717) is 13.0 Å². The van der Waals surface area contributed by atoms with E-state index in [-0.39, 0.29) is 11.9 Å². The third kappa shape index (κ3) is 2.66. The first kappa shape index (κ1) is 13.1. The molecule has 0 aliphatic carbocycles. The average molecular weight is 266 g/mol. The Kier molecular flexibility index (Phi) is 3.66. The second kappa shape index (κ2) is 5.59. The lowest BCUT2D eigenvalue weighted by Crippen LogP contribution is -2.19. The van der Waals surface area contributed by atoms with E-state index in [1.54, 1.807) is 0 Å². The Labute approximate surface area is 119 Å². The molecule has 0 saturated heterocycles. The van der Waals surface area contributed by atoms with Gasteiger partial charge in [-0.05, 0) is 24.5 Å². The number of benzene rings is 2. The summed E-state index contributed by atoms with van der Waals surface area (Å²) >= 11 is 0. The Morgan fingerprint density at radius 3 is 2.80 bits per heavy atom. The highest BCUT2D eigenvalue weighted by Gasteiger charge is 2.23. The van der Waals surface area contributed by atoms with Crippen molar-refractivity contribution in [1.29, 1.82) is 0 Å². The molecular weight excluding hydrogens is 248 g/mol. The molecule has 0 radical (unpaired) electrons. The number of aryl methyl sites for hydroxylation is 1. The normalized spacial score (nSPS) is 17.6. The lowest BCUT2D eigenvalue weighted by Gasteiger charge is -2.26. The number of rotatable bonds is 3. The second-order valence-corrected chi connectivity index (χ2v) is 5.31. The second-order valence-electron chi connectivity index (χ2n) is 5.31. The fourth-order valence-electron chi connectivity index (χ4n) is 2.72. The molecule has 1 aliphatic heterocycles. The Morgan fingerprint density at radius 1 is 1.20 bits per heavy atom. The van der Waals surface area contributed by atoms with Crippen LogP contribution < -0.4 is 0 Å². The zero-order valence-electron chi connectivity index (χ0n) is 11.6. The maximum Gasteiger partial charge on any atom is 0.165 e. The molecule has 0 amide bonds. The van der Waals surface area contributed by atoms with Gasteiger partial charge in [-0.25, -0.2) is 0 Å². The average Bonchev–Trinajstić information content (AvgIpc) is 2.49. The van der Waals surface area contributed by atoms with Crippen molar-refractivity contribution in [2.45, 2.75) is 25.9 Å². The van der Waals surface area contributed by atoms with Crippen LogP contribution in [0.4, 0.5) is 0 Å². The molecule has 1 unspecified atom stereocenters. The summed E-state index contributed by atoms with van der Waals surface area (Å²) in [6.07, 6.45) is 1.25. The molecule has 1 aliphatic rings. The molecular formula is C18H18O2. The van der Waals surface area contributed by atoms with Crippen LogP contribution in [0.2, 0.25) is 0 Å². The number of Topliss-reactive ketones (excluding diaryl/α,β-unsaturated/α-hetero) is 1. The third-order valence-electron chi connectivity index (χ3n) is 3.81. The van der Waals surface area contributed by atoms with Crippen LogP contribution in [-0.2, 0) is 11.2 Å². The van der Waals surface area contributed by atoms with Gasteiger partial charge in [-0.2, -0.15) is 0 Å². The standard InChI is InChI=1S/C18H18O2/c1-13-7-8-14-9-10-20-18(16(14)11-13)12-17(19)15-5-3-2-4-6-15/h2-8,11,18H,9-10,12H2,1H3. The molecule has 0 fully saturated rings. The Bertz CT molecular complexity index is 617. The minimum absolute atomic E-state index is 0.105. The summed E-state index contributed by atoms with van der Waals surface area (Å²) in [5.74, 6) is 0.143. The third-order valence-corrected chi connectivity index (χ3v) is 3.81. The van der Waals surface area contributed by atoms with E-state index in [4.69, 9.17) is 4.74 Å². The number of hydrogen-bond acceptors (Lipinski definition) is 2. The minimum Gasteiger partial charge on any atom is -0.373 e. The van der Waals surface area contributed by atoms with Gasteiger partial charge in [0.05, 0.1) is 12.7 Å². The quantitative estimate of drug-likeness (QED) is 0.788. The highest BCUT2D eigenvalue weighted by atomic mass is 16.5. The van der Waals surface area contributed by atoms with E-state index in [1.807, 2.05) is 30.3 Å². The molecule has 0 spiro atoms. The van der Waals surface area contributed by atoms with Crippen molar-refractivity contribution in [3.05, 3.63) is 70.8 Å². The van der Waals surface area contributed by atoms with E-state index in [0.717, 1.165) is 12.0 Å². The summed E-state index contributed by atoms with van der Waals surface area (Å²) in [5, 5.41) is 0. The van der Waals surface area contributed by atoms with E-state index in [1.165, 1.54) is 16.7 Å². The molecule has 2 aromatic rings. The van der Waals surface area contributed by atoms with Gasteiger partial charge in [0.15, 0.2) is 5.78 Å². The van der Waals surface area contributed by atoms with Crippen LogP contribution in [0.3, 0.4) is 0 Å². The van der Waals surface area contributed by atoms with Gasteiger partial charge >= 0.3 is 0 Å². The summed E-state index contributed by atoms with van der Waals surface area (Å²) in [6, 6.07) is 15.9. The maximum absolute atomic E-state index is 12.3. The predicted molar refractivity (Wildman–Crippen MR) is 79.0 cm³/mol. The van der Waals surface area contributed by atoms with E-state index in [2.05, 4.69) is 25.1 Å². The number of carbonyl (C=O) groups excluding carboxylic acids is 1. The number of carbonyl (C=O) groups is 1. The first-order valence-electron chi connectivity index (χ1n) is 7.03. The van der Waals surface area contributed by atoms with Crippen LogP contribution in [-0.4, -0.2) is 12.4 Å². The molecule has 1 heterocycles. The van der Waals surface area contributed by atoms with E-state index >= 15 is 0 Å². The van der Waals surface area contributed by atoms with Crippen molar-refractivity contribution in [2.24, 2.45) is 0 Å². The van der Waals surface area contributed by atoms with Crippen molar-refractivity contribution in [3.63, 3.8) is 0 Å². The molecule has 2 aromatic carbocycles. The van der Waals surface area contributed by atoms with Gasteiger partial charge in [-0.3, -0.25) is 4.79 Å². The van der Waals surface area contributed by atoms with Crippen LogP contribution in [0.5, 0.6) is 0 Å². The largest absolute Gasteiger partial charge is 0.373 e. The summed E-state index contributed by atoms with van der Waals surface area (Å²) in [5.41, 5.74) is 4.47. The van der Waals surface area contributed by atoms with Gasteiger partial charge in [-0.15, -0.1) is 0 Å². The van der Waals surface area contributed by atoms with Gasteiger partial charge in [0.2, 0.25) is 0 Å². The topological polar surface area (TPSA) is 26.3 Å². The van der Waals surface area contributed by atoms with Gasteiger partial charge in [0.1, 0.15) is 0 Å². The highest BCUT2D eigenvalue weighted by molar-refractivity contribution is 5.96. The van der Waals surface area contributed by atoms with Crippen molar-refractivity contribution in [2.75, 3.05) is 6.61 Å². The van der Waals surface area contributed by atoms with Crippen molar-refractivity contribution >= 4 is 5.78 Å². The molecule has 2 heteroatoms.